The lowest BCUT2D eigenvalue weighted by molar-refractivity contribution is 0.194. The van der Waals surface area contributed by atoms with Gasteiger partial charge in [0.2, 0.25) is 0 Å². The summed E-state index contributed by atoms with van der Waals surface area (Å²) in [6, 6.07) is 13.7. The van der Waals surface area contributed by atoms with Gasteiger partial charge in [-0.3, -0.25) is 0 Å². The van der Waals surface area contributed by atoms with Gasteiger partial charge in [-0.15, -0.1) is 0 Å². The summed E-state index contributed by atoms with van der Waals surface area (Å²) in [5.41, 5.74) is 2.33. The quantitative estimate of drug-likeness (QED) is 0.765. The molecule has 1 N–H and O–H groups in total. The summed E-state index contributed by atoms with van der Waals surface area (Å²) < 4.78 is 15.3. The van der Waals surface area contributed by atoms with Crippen molar-refractivity contribution in [1.82, 2.24) is 25.0 Å². The lowest BCUT2D eigenvalue weighted by Gasteiger charge is -2.26. The summed E-state index contributed by atoms with van der Waals surface area (Å²) in [5.74, 6) is -0.327. The van der Waals surface area contributed by atoms with E-state index in [1.807, 2.05) is 31.2 Å². The number of amides is 2. The number of nitrogens with zero attached hydrogens (tertiary/aromatic N) is 4. The van der Waals surface area contributed by atoms with Crippen LogP contribution in [0.4, 0.5) is 9.18 Å². The van der Waals surface area contributed by atoms with Gasteiger partial charge in [0, 0.05) is 19.2 Å². The van der Waals surface area contributed by atoms with Crippen LogP contribution in [0.1, 0.15) is 24.1 Å². The third-order valence-corrected chi connectivity index (χ3v) is 4.35. The maximum absolute atomic E-state index is 13.6. The first-order valence-corrected chi connectivity index (χ1v) is 8.25. The number of carbonyl (C=O) groups is 1. The van der Waals surface area contributed by atoms with Crippen LogP contribution in [0.3, 0.4) is 0 Å². The molecule has 1 unspecified atom stereocenters. The molecule has 6 nitrogen and oxygen atoms in total. The third-order valence-electron chi connectivity index (χ3n) is 4.35. The van der Waals surface area contributed by atoms with Crippen molar-refractivity contribution in [3.63, 3.8) is 0 Å². The van der Waals surface area contributed by atoms with E-state index in [1.165, 1.54) is 12.4 Å². The molecule has 0 spiro atoms. The zero-order chi connectivity index (χ0) is 18.5. The molecule has 2 amide bonds. The summed E-state index contributed by atoms with van der Waals surface area (Å²) in [6.45, 7) is 2.08. The van der Waals surface area contributed by atoms with Gasteiger partial charge in [-0.05, 0) is 30.7 Å². The smallest absolute Gasteiger partial charge is 0.317 e. The van der Waals surface area contributed by atoms with Crippen molar-refractivity contribution in [1.29, 1.82) is 0 Å². The third kappa shape index (κ3) is 3.88. The summed E-state index contributed by atoms with van der Waals surface area (Å²) in [7, 11) is 1.71. The largest absolute Gasteiger partial charge is 0.334 e. The Hall–Kier alpha value is -3.22. The average molecular weight is 353 g/mol. The second kappa shape index (κ2) is 7.77. The van der Waals surface area contributed by atoms with Crippen LogP contribution < -0.4 is 5.32 Å². The van der Waals surface area contributed by atoms with Gasteiger partial charge in [-0.1, -0.05) is 30.3 Å². The van der Waals surface area contributed by atoms with Crippen molar-refractivity contribution in [3.05, 3.63) is 78.1 Å². The molecule has 0 bridgehead atoms. The zero-order valence-electron chi connectivity index (χ0n) is 14.6. The zero-order valence-corrected chi connectivity index (χ0v) is 14.6. The first-order valence-electron chi connectivity index (χ1n) is 8.25. The van der Waals surface area contributed by atoms with Gasteiger partial charge in [0.15, 0.2) is 0 Å². The molecule has 0 saturated carbocycles. The van der Waals surface area contributed by atoms with Crippen molar-refractivity contribution in [3.8, 4) is 5.69 Å². The number of aromatic nitrogens is 3. The van der Waals surface area contributed by atoms with Crippen LogP contribution in [-0.4, -0.2) is 32.7 Å². The van der Waals surface area contributed by atoms with E-state index in [0.29, 0.717) is 5.56 Å². The fourth-order valence-electron chi connectivity index (χ4n) is 2.58. The van der Waals surface area contributed by atoms with Crippen LogP contribution in [0.5, 0.6) is 0 Å². The molecule has 26 heavy (non-hydrogen) atoms. The van der Waals surface area contributed by atoms with E-state index in [2.05, 4.69) is 15.4 Å². The number of nitrogens with one attached hydrogen (secondary N) is 1. The Morgan fingerprint density at radius 3 is 2.62 bits per heavy atom. The van der Waals surface area contributed by atoms with Gasteiger partial charge < -0.3 is 10.2 Å². The number of halogens is 1. The summed E-state index contributed by atoms with van der Waals surface area (Å²) in [5, 5.41) is 6.83. The van der Waals surface area contributed by atoms with Crippen molar-refractivity contribution in [2.45, 2.75) is 19.5 Å². The molecule has 0 aliphatic rings. The molecule has 1 aromatic heterocycles. The highest BCUT2D eigenvalue weighted by Gasteiger charge is 2.17. The Bertz CT molecular complexity index is 864. The fraction of sp³-hybridized carbons (Fsp3) is 0.211. The van der Waals surface area contributed by atoms with Crippen LogP contribution in [0.2, 0.25) is 0 Å². The number of hydrogen-bond donors (Lipinski definition) is 1. The van der Waals surface area contributed by atoms with Gasteiger partial charge in [0.25, 0.3) is 0 Å². The standard InChI is InChI=1S/C19H20FN5O/c1-14(15-7-9-17(10-8-15)25-13-21-12-23-25)24(2)19(26)22-11-16-5-3-4-6-18(16)20/h3-10,12-14H,11H2,1-2H3,(H,22,26). The molecule has 0 fully saturated rings. The maximum atomic E-state index is 13.6. The fourth-order valence-corrected chi connectivity index (χ4v) is 2.58. The average Bonchev–Trinajstić information content (AvgIpc) is 3.21. The normalized spacial score (nSPS) is 11.8. The Morgan fingerprint density at radius 2 is 1.96 bits per heavy atom. The van der Waals surface area contributed by atoms with E-state index in [4.69, 9.17) is 0 Å². The van der Waals surface area contributed by atoms with Crippen molar-refractivity contribution in [2.24, 2.45) is 0 Å². The van der Waals surface area contributed by atoms with Crippen molar-refractivity contribution < 1.29 is 9.18 Å². The monoisotopic (exact) mass is 353 g/mol. The van der Waals surface area contributed by atoms with Crippen LogP contribution in [0, 0.1) is 5.82 Å². The molecule has 134 valence electrons. The highest BCUT2D eigenvalue weighted by molar-refractivity contribution is 5.74. The summed E-state index contributed by atoms with van der Waals surface area (Å²) in [6.07, 6.45) is 3.10. The molecular weight excluding hydrogens is 333 g/mol. The van der Waals surface area contributed by atoms with E-state index in [0.717, 1.165) is 11.3 Å². The van der Waals surface area contributed by atoms with Gasteiger partial charge in [-0.25, -0.2) is 18.9 Å². The van der Waals surface area contributed by atoms with E-state index >= 15 is 0 Å². The Labute approximate surface area is 151 Å². The van der Waals surface area contributed by atoms with Gasteiger partial charge in [0.1, 0.15) is 18.5 Å². The predicted molar refractivity (Wildman–Crippen MR) is 96.2 cm³/mol. The van der Waals surface area contributed by atoms with E-state index in [9.17, 15) is 9.18 Å². The summed E-state index contributed by atoms with van der Waals surface area (Å²) >= 11 is 0. The van der Waals surface area contributed by atoms with Crippen LogP contribution in [0.25, 0.3) is 5.69 Å². The second-order valence-electron chi connectivity index (χ2n) is 5.97. The van der Waals surface area contributed by atoms with E-state index in [1.54, 1.807) is 41.2 Å². The van der Waals surface area contributed by atoms with Crippen LogP contribution >= 0.6 is 0 Å². The SMILES string of the molecule is CC(c1ccc(-n2cncn2)cc1)N(C)C(=O)NCc1ccccc1F. The van der Waals surface area contributed by atoms with Gasteiger partial charge in [0.05, 0.1) is 11.7 Å². The highest BCUT2D eigenvalue weighted by Crippen LogP contribution is 2.20. The van der Waals surface area contributed by atoms with Crippen LogP contribution in [-0.2, 0) is 6.54 Å². The minimum Gasteiger partial charge on any atom is -0.334 e. The molecule has 0 saturated heterocycles. The number of benzene rings is 2. The summed E-state index contributed by atoms with van der Waals surface area (Å²) in [4.78, 5) is 17.9. The Balaban J connectivity index is 1.62. The second-order valence-corrected chi connectivity index (χ2v) is 5.97. The van der Waals surface area contributed by atoms with Gasteiger partial charge >= 0.3 is 6.03 Å². The number of urea groups is 1. The molecular formula is C19H20FN5O. The molecule has 0 aliphatic heterocycles. The molecule has 3 aromatic rings. The minimum atomic E-state index is -0.327. The highest BCUT2D eigenvalue weighted by atomic mass is 19.1. The predicted octanol–water partition coefficient (Wildman–Crippen LogP) is 3.31. The van der Waals surface area contributed by atoms with Crippen LogP contribution in [0.15, 0.2) is 61.2 Å². The van der Waals surface area contributed by atoms with E-state index < -0.39 is 0 Å². The Kier molecular flexibility index (Phi) is 5.26. The van der Waals surface area contributed by atoms with Crippen molar-refractivity contribution >= 4 is 6.03 Å². The maximum Gasteiger partial charge on any atom is 0.317 e. The first kappa shape index (κ1) is 17.6. The molecule has 2 aromatic carbocycles. The van der Waals surface area contributed by atoms with E-state index in [-0.39, 0.29) is 24.4 Å². The molecule has 0 radical (unpaired) electrons. The Morgan fingerprint density at radius 1 is 1.23 bits per heavy atom. The minimum absolute atomic E-state index is 0.139. The molecule has 3 rings (SSSR count). The lowest BCUT2D eigenvalue weighted by atomic mass is 10.1. The lowest BCUT2D eigenvalue weighted by Crippen LogP contribution is -2.38. The number of carbonyl (C=O) groups excluding carboxylic acids is 1. The molecule has 1 heterocycles. The molecule has 0 aliphatic carbocycles. The van der Waals surface area contributed by atoms with Crippen molar-refractivity contribution in [2.75, 3.05) is 7.05 Å². The number of hydrogen-bond acceptors (Lipinski definition) is 3. The first-order chi connectivity index (χ1) is 12.6. The molecule has 7 heteroatoms. The molecule has 1 atom stereocenters. The van der Waals surface area contributed by atoms with Gasteiger partial charge in [-0.2, -0.15) is 5.10 Å². The number of rotatable bonds is 5. The topological polar surface area (TPSA) is 63.1 Å².